The van der Waals surface area contributed by atoms with E-state index in [2.05, 4.69) is 38.2 Å². The smallest absolute Gasteiger partial charge is 0.176 e. The summed E-state index contributed by atoms with van der Waals surface area (Å²) in [5.41, 5.74) is 3.51. The molecule has 3 heteroatoms. The van der Waals surface area contributed by atoms with Crippen LogP contribution in [0.25, 0.3) is 11.0 Å². The number of furan rings is 1. The molecule has 1 aromatic heterocycles. The summed E-state index contributed by atoms with van der Waals surface area (Å²) >= 11 is 0. The molecule has 0 saturated heterocycles. The SMILES string of the molecule is CCCc1c(CNCC)oc2c(OC)cc(CC)cc12. The Morgan fingerprint density at radius 2 is 2.00 bits per heavy atom. The van der Waals surface area contributed by atoms with Crippen molar-refractivity contribution >= 4 is 11.0 Å². The summed E-state index contributed by atoms with van der Waals surface area (Å²) in [6.45, 7) is 8.21. The van der Waals surface area contributed by atoms with Crippen LogP contribution in [0.1, 0.15) is 44.1 Å². The second kappa shape index (κ2) is 6.80. The van der Waals surface area contributed by atoms with Gasteiger partial charge in [-0.05, 0) is 37.1 Å². The minimum atomic E-state index is 0.783. The van der Waals surface area contributed by atoms with Crippen molar-refractivity contribution in [2.45, 2.75) is 46.6 Å². The summed E-state index contributed by atoms with van der Waals surface area (Å²) in [5, 5.41) is 4.57. The quantitative estimate of drug-likeness (QED) is 0.827. The van der Waals surface area contributed by atoms with Gasteiger partial charge in [-0.25, -0.2) is 0 Å². The first kappa shape index (κ1) is 14.9. The molecule has 0 atom stereocenters. The van der Waals surface area contributed by atoms with Crippen LogP contribution in [0.2, 0.25) is 0 Å². The highest BCUT2D eigenvalue weighted by atomic mass is 16.5. The topological polar surface area (TPSA) is 34.4 Å². The number of rotatable bonds is 7. The summed E-state index contributed by atoms with van der Waals surface area (Å²) in [4.78, 5) is 0. The number of hydrogen-bond acceptors (Lipinski definition) is 3. The van der Waals surface area contributed by atoms with Gasteiger partial charge in [0.2, 0.25) is 0 Å². The van der Waals surface area contributed by atoms with Crippen LogP contribution in [-0.4, -0.2) is 13.7 Å². The Morgan fingerprint density at radius 3 is 2.60 bits per heavy atom. The zero-order valence-corrected chi connectivity index (χ0v) is 13.0. The lowest BCUT2D eigenvalue weighted by atomic mass is 10.0. The maximum atomic E-state index is 6.09. The maximum absolute atomic E-state index is 6.09. The molecule has 1 aromatic carbocycles. The number of methoxy groups -OCH3 is 1. The van der Waals surface area contributed by atoms with Crippen molar-refractivity contribution in [2.75, 3.05) is 13.7 Å². The molecular weight excluding hydrogens is 250 g/mol. The van der Waals surface area contributed by atoms with E-state index >= 15 is 0 Å². The van der Waals surface area contributed by atoms with Gasteiger partial charge in [0.25, 0.3) is 0 Å². The number of ether oxygens (including phenoxy) is 1. The van der Waals surface area contributed by atoms with Crippen LogP contribution in [0.15, 0.2) is 16.5 Å². The minimum absolute atomic E-state index is 0.783. The Kier molecular flexibility index (Phi) is 5.07. The molecule has 0 radical (unpaired) electrons. The molecule has 0 fully saturated rings. The van der Waals surface area contributed by atoms with Gasteiger partial charge in [0.05, 0.1) is 13.7 Å². The van der Waals surface area contributed by atoms with Crippen molar-refractivity contribution in [1.82, 2.24) is 5.32 Å². The molecule has 0 aliphatic rings. The second-order valence-electron chi connectivity index (χ2n) is 5.06. The Bertz CT molecular complexity index is 572. The van der Waals surface area contributed by atoms with E-state index in [0.29, 0.717) is 0 Å². The van der Waals surface area contributed by atoms with Crippen molar-refractivity contribution in [2.24, 2.45) is 0 Å². The highest BCUT2D eigenvalue weighted by molar-refractivity contribution is 5.88. The normalized spacial score (nSPS) is 11.2. The lowest BCUT2D eigenvalue weighted by Gasteiger charge is -2.04. The number of aryl methyl sites for hydroxylation is 2. The molecule has 0 aliphatic carbocycles. The van der Waals surface area contributed by atoms with Crippen LogP contribution < -0.4 is 10.1 Å². The molecule has 0 bridgehead atoms. The van der Waals surface area contributed by atoms with E-state index in [9.17, 15) is 0 Å². The van der Waals surface area contributed by atoms with Gasteiger partial charge in [0.15, 0.2) is 11.3 Å². The van der Waals surface area contributed by atoms with Crippen molar-refractivity contribution in [1.29, 1.82) is 0 Å². The molecule has 0 amide bonds. The molecule has 0 aliphatic heterocycles. The van der Waals surface area contributed by atoms with E-state index in [1.165, 1.54) is 16.5 Å². The van der Waals surface area contributed by atoms with Crippen LogP contribution in [0.4, 0.5) is 0 Å². The van der Waals surface area contributed by atoms with E-state index < -0.39 is 0 Å². The van der Waals surface area contributed by atoms with Gasteiger partial charge in [-0.3, -0.25) is 0 Å². The van der Waals surface area contributed by atoms with Crippen LogP contribution in [0.3, 0.4) is 0 Å². The van der Waals surface area contributed by atoms with E-state index in [-0.39, 0.29) is 0 Å². The molecule has 1 N–H and O–H groups in total. The third-order valence-electron chi connectivity index (χ3n) is 3.67. The fraction of sp³-hybridized carbons (Fsp3) is 0.529. The van der Waals surface area contributed by atoms with Crippen LogP contribution >= 0.6 is 0 Å². The number of benzene rings is 1. The maximum Gasteiger partial charge on any atom is 0.176 e. The van der Waals surface area contributed by atoms with E-state index in [4.69, 9.17) is 9.15 Å². The fourth-order valence-electron chi connectivity index (χ4n) is 2.58. The van der Waals surface area contributed by atoms with Gasteiger partial charge in [0.1, 0.15) is 5.76 Å². The minimum Gasteiger partial charge on any atom is -0.493 e. The van der Waals surface area contributed by atoms with Gasteiger partial charge in [-0.15, -0.1) is 0 Å². The number of fused-ring (bicyclic) bond motifs is 1. The van der Waals surface area contributed by atoms with Crippen molar-refractivity contribution < 1.29 is 9.15 Å². The summed E-state index contributed by atoms with van der Waals surface area (Å²) in [6.07, 6.45) is 3.17. The molecule has 1 heterocycles. The summed E-state index contributed by atoms with van der Waals surface area (Å²) in [7, 11) is 1.71. The van der Waals surface area contributed by atoms with Gasteiger partial charge in [-0.2, -0.15) is 0 Å². The van der Waals surface area contributed by atoms with E-state index in [1.807, 2.05) is 0 Å². The average Bonchev–Trinajstić information content (AvgIpc) is 2.82. The van der Waals surface area contributed by atoms with Gasteiger partial charge < -0.3 is 14.5 Å². The highest BCUT2D eigenvalue weighted by Gasteiger charge is 2.17. The van der Waals surface area contributed by atoms with Crippen LogP contribution in [-0.2, 0) is 19.4 Å². The van der Waals surface area contributed by atoms with Gasteiger partial charge in [0, 0.05) is 10.9 Å². The summed E-state index contributed by atoms with van der Waals surface area (Å²) in [6, 6.07) is 4.33. The average molecular weight is 275 g/mol. The zero-order chi connectivity index (χ0) is 14.5. The molecular formula is C17H25NO2. The fourth-order valence-corrected chi connectivity index (χ4v) is 2.58. The van der Waals surface area contributed by atoms with Crippen molar-refractivity contribution in [3.8, 4) is 5.75 Å². The highest BCUT2D eigenvalue weighted by Crippen LogP contribution is 2.35. The predicted molar refractivity (Wildman–Crippen MR) is 83.5 cm³/mol. The molecule has 20 heavy (non-hydrogen) atoms. The molecule has 0 unspecified atom stereocenters. The van der Waals surface area contributed by atoms with E-state index in [1.54, 1.807) is 7.11 Å². The molecule has 2 rings (SSSR count). The molecule has 0 spiro atoms. The summed E-state index contributed by atoms with van der Waals surface area (Å²) in [5.74, 6) is 1.90. The first-order valence-electron chi connectivity index (χ1n) is 7.56. The first-order chi connectivity index (χ1) is 9.74. The Balaban J connectivity index is 2.59. The Labute approximate surface area is 121 Å². The van der Waals surface area contributed by atoms with Crippen molar-refractivity contribution in [3.05, 3.63) is 29.0 Å². The molecule has 3 nitrogen and oxygen atoms in total. The molecule has 0 saturated carbocycles. The van der Waals surface area contributed by atoms with E-state index in [0.717, 1.165) is 49.4 Å². The number of hydrogen-bond donors (Lipinski definition) is 1. The van der Waals surface area contributed by atoms with Crippen molar-refractivity contribution in [3.63, 3.8) is 0 Å². The third kappa shape index (κ3) is 2.83. The number of nitrogens with one attached hydrogen (secondary N) is 1. The largest absolute Gasteiger partial charge is 0.493 e. The zero-order valence-electron chi connectivity index (χ0n) is 13.0. The van der Waals surface area contributed by atoms with Crippen LogP contribution in [0, 0.1) is 0 Å². The lowest BCUT2D eigenvalue weighted by Crippen LogP contribution is -2.12. The van der Waals surface area contributed by atoms with Gasteiger partial charge >= 0.3 is 0 Å². The standard InChI is InChI=1S/C17H25NO2/c1-5-8-13-14-9-12(6-2)10-15(19-4)17(14)20-16(13)11-18-7-3/h9-10,18H,5-8,11H2,1-4H3. The second-order valence-corrected chi connectivity index (χ2v) is 5.06. The third-order valence-corrected chi connectivity index (χ3v) is 3.67. The first-order valence-corrected chi connectivity index (χ1v) is 7.56. The summed E-state index contributed by atoms with van der Waals surface area (Å²) < 4.78 is 11.6. The predicted octanol–water partition coefficient (Wildman–Crippen LogP) is 4.07. The van der Waals surface area contributed by atoms with Crippen LogP contribution in [0.5, 0.6) is 5.75 Å². The Hall–Kier alpha value is -1.48. The molecule has 2 aromatic rings. The van der Waals surface area contributed by atoms with Gasteiger partial charge in [-0.1, -0.05) is 27.2 Å². The lowest BCUT2D eigenvalue weighted by molar-refractivity contribution is 0.405. The molecule has 110 valence electrons. The Morgan fingerprint density at radius 1 is 1.20 bits per heavy atom. The monoisotopic (exact) mass is 275 g/mol.